The Hall–Kier alpha value is -2.71. The lowest BCUT2D eigenvalue weighted by Crippen LogP contribution is -2.48. The van der Waals surface area contributed by atoms with Gasteiger partial charge < -0.3 is 5.11 Å². The lowest BCUT2D eigenvalue weighted by atomic mass is 9.78. The lowest BCUT2D eigenvalue weighted by Gasteiger charge is -2.43. The minimum Gasteiger partial charge on any atom is -0.481 e. The molecule has 1 N–H and O–H groups in total. The zero-order chi connectivity index (χ0) is 18.1. The van der Waals surface area contributed by atoms with E-state index in [-0.39, 0.29) is 11.7 Å². The maximum atomic E-state index is 12.9. The molecule has 0 amide bonds. The zero-order valence-corrected chi connectivity index (χ0v) is 14.3. The van der Waals surface area contributed by atoms with Gasteiger partial charge >= 0.3 is 5.97 Å². The molecule has 132 valence electrons. The average Bonchev–Trinajstić information content (AvgIpc) is 2.59. The summed E-state index contributed by atoms with van der Waals surface area (Å²) in [6.07, 6.45) is 2.36. The molecule has 1 aliphatic heterocycles. The second kappa shape index (κ2) is 6.89. The maximum Gasteiger partial charge on any atom is 0.306 e. The minimum absolute atomic E-state index is 0.177. The highest BCUT2D eigenvalue weighted by molar-refractivity contribution is 5.71. The van der Waals surface area contributed by atoms with Crippen molar-refractivity contribution >= 4 is 5.97 Å². The van der Waals surface area contributed by atoms with E-state index < -0.39 is 5.97 Å². The molecule has 0 unspecified atom stereocenters. The SMILES string of the molecule is O=C(O)C1CC(N2CCc3nc(C#Cc4ccc(F)cc4)ccc3C2)C1. The summed E-state index contributed by atoms with van der Waals surface area (Å²) < 4.78 is 12.9. The van der Waals surface area contributed by atoms with Crippen LogP contribution < -0.4 is 0 Å². The molecule has 0 radical (unpaired) electrons. The van der Waals surface area contributed by atoms with E-state index in [1.807, 2.05) is 6.07 Å². The predicted octanol–water partition coefficient (Wildman–Crippen LogP) is 2.84. The first-order valence-electron chi connectivity index (χ1n) is 8.82. The fourth-order valence-corrected chi connectivity index (χ4v) is 3.58. The van der Waals surface area contributed by atoms with E-state index in [0.717, 1.165) is 49.3 Å². The van der Waals surface area contributed by atoms with Crippen molar-refractivity contribution in [3.8, 4) is 11.8 Å². The molecule has 26 heavy (non-hydrogen) atoms. The molecule has 5 heteroatoms. The van der Waals surface area contributed by atoms with Crippen LogP contribution in [0.2, 0.25) is 0 Å². The molecule has 1 saturated carbocycles. The number of hydrogen-bond donors (Lipinski definition) is 1. The first-order chi connectivity index (χ1) is 12.6. The second-order valence-electron chi connectivity index (χ2n) is 6.94. The average molecular weight is 350 g/mol. The van der Waals surface area contributed by atoms with Crippen molar-refractivity contribution in [2.45, 2.75) is 31.8 Å². The number of carboxylic acid groups (broad SMARTS) is 1. The van der Waals surface area contributed by atoms with Crippen molar-refractivity contribution in [2.75, 3.05) is 6.54 Å². The summed E-state index contributed by atoms with van der Waals surface area (Å²) in [6, 6.07) is 10.5. The van der Waals surface area contributed by atoms with E-state index in [1.165, 1.54) is 17.7 Å². The fourth-order valence-electron chi connectivity index (χ4n) is 3.58. The number of rotatable bonds is 2. The molecule has 0 saturated heterocycles. The number of hydrogen-bond acceptors (Lipinski definition) is 3. The van der Waals surface area contributed by atoms with Crippen molar-refractivity contribution in [2.24, 2.45) is 5.92 Å². The number of aromatic nitrogens is 1. The minimum atomic E-state index is -0.676. The third-order valence-electron chi connectivity index (χ3n) is 5.24. The highest BCUT2D eigenvalue weighted by Crippen LogP contribution is 2.34. The van der Waals surface area contributed by atoms with Crippen molar-refractivity contribution in [3.63, 3.8) is 0 Å². The molecule has 1 aromatic heterocycles. The van der Waals surface area contributed by atoms with E-state index in [9.17, 15) is 9.18 Å². The van der Waals surface area contributed by atoms with E-state index in [0.29, 0.717) is 6.04 Å². The summed E-state index contributed by atoms with van der Waals surface area (Å²) in [5, 5.41) is 9.02. The van der Waals surface area contributed by atoms with Crippen LogP contribution >= 0.6 is 0 Å². The standard InChI is InChI=1S/C21H19FN2O2/c22-17-5-1-14(2-6-17)3-7-18-8-4-15-13-24(10-9-20(15)23-18)19-11-16(12-19)21(25)26/h1-2,4-6,8,16,19H,9-13H2,(H,25,26). The van der Waals surface area contributed by atoms with Crippen LogP contribution in [0.3, 0.4) is 0 Å². The molecular formula is C21H19FN2O2. The number of carboxylic acids is 1. The van der Waals surface area contributed by atoms with Crippen molar-refractivity contribution in [1.82, 2.24) is 9.88 Å². The molecule has 0 atom stereocenters. The quantitative estimate of drug-likeness (QED) is 0.847. The Balaban J connectivity index is 1.43. The molecule has 1 fully saturated rings. The van der Waals surface area contributed by atoms with Gasteiger partial charge in [-0.25, -0.2) is 9.37 Å². The summed E-state index contributed by atoms with van der Waals surface area (Å²) in [7, 11) is 0. The van der Waals surface area contributed by atoms with Gasteiger partial charge in [-0.1, -0.05) is 12.0 Å². The highest BCUT2D eigenvalue weighted by Gasteiger charge is 2.38. The monoisotopic (exact) mass is 350 g/mol. The number of nitrogens with zero attached hydrogens (tertiary/aromatic N) is 2. The Morgan fingerprint density at radius 1 is 1.15 bits per heavy atom. The third kappa shape index (κ3) is 3.47. The molecule has 0 bridgehead atoms. The first kappa shape index (κ1) is 16.7. The van der Waals surface area contributed by atoms with Crippen LogP contribution in [0.4, 0.5) is 4.39 Å². The highest BCUT2D eigenvalue weighted by atomic mass is 19.1. The summed E-state index contributed by atoms with van der Waals surface area (Å²) in [5.74, 6) is 4.93. The molecule has 1 aliphatic carbocycles. The summed E-state index contributed by atoms with van der Waals surface area (Å²) >= 11 is 0. The van der Waals surface area contributed by atoms with Crippen LogP contribution in [-0.2, 0) is 17.8 Å². The Bertz CT molecular complexity index is 892. The molecule has 4 rings (SSSR count). The van der Waals surface area contributed by atoms with Gasteiger partial charge in [0.2, 0.25) is 0 Å². The molecule has 2 heterocycles. The van der Waals surface area contributed by atoms with Crippen LogP contribution in [0, 0.1) is 23.6 Å². The van der Waals surface area contributed by atoms with E-state index >= 15 is 0 Å². The van der Waals surface area contributed by atoms with Gasteiger partial charge in [0.1, 0.15) is 11.5 Å². The van der Waals surface area contributed by atoms with Crippen LogP contribution in [0.5, 0.6) is 0 Å². The Kier molecular flexibility index (Phi) is 4.44. The number of aliphatic carboxylic acids is 1. The van der Waals surface area contributed by atoms with Gasteiger partial charge in [-0.3, -0.25) is 9.69 Å². The number of fused-ring (bicyclic) bond motifs is 1. The van der Waals surface area contributed by atoms with Crippen molar-refractivity contribution in [3.05, 3.63) is 64.7 Å². The number of carbonyl (C=O) groups is 1. The van der Waals surface area contributed by atoms with Crippen molar-refractivity contribution in [1.29, 1.82) is 0 Å². The summed E-state index contributed by atoms with van der Waals surface area (Å²) in [4.78, 5) is 18.0. The Labute approximate surface area is 151 Å². The van der Waals surface area contributed by atoms with Gasteiger partial charge in [0.05, 0.1) is 5.92 Å². The topological polar surface area (TPSA) is 53.4 Å². The molecular weight excluding hydrogens is 331 g/mol. The largest absolute Gasteiger partial charge is 0.481 e. The third-order valence-corrected chi connectivity index (χ3v) is 5.24. The Morgan fingerprint density at radius 3 is 2.65 bits per heavy atom. The van der Waals surface area contributed by atoms with Gasteiger partial charge in [-0.15, -0.1) is 0 Å². The van der Waals surface area contributed by atoms with E-state index in [2.05, 4.69) is 27.8 Å². The summed E-state index contributed by atoms with van der Waals surface area (Å²) in [6.45, 7) is 1.73. The number of pyridine rings is 1. The fraction of sp³-hybridized carbons (Fsp3) is 0.333. The predicted molar refractivity (Wildman–Crippen MR) is 94.9 cm³/mol. The van der Waals surface area contributed by atoms with Crippen LogP contribution in [-0.4, -0.2) is 33.5 Å². The normalized spacial score (nSPS) is 21.9. The van der Waals surface area contributed by atoms with Crippen LogP contribution in [0.1, 0.15) is 35.4 Å². The van der Waals surface area contributed by atoms with Gasteiger partial charge in [0, 0.05) is 36.8 Å². The molecule has 2 aliphatic rings. The van der Waals surface area contributed by atoms with Crippen LogP contribution in [0.15, 0.2) is 36.4 Å². The molecule has 0 spiro atoms. The molecule has 4 nitrogen and oxygen atoms in total. The van der Waals surface area contributed by atoms with Gasteiger partial charge in [-0.05, 0) is 54.7 Å². The first-order valence-corrected chi connectivity index (χ1v) is 8.82. The van der Waals surface area contributed by atoms with Gasteiger partial charge in [0.25, 0.3) is 0 Å². The Morgan fingerprint density at radius 2 is 1.92 bits per heavy atom. The number of halogens is 1. The maximum absolute atomic E-state index is 12.9. The zero-order valence-electron chi connectivity index (χ0n) is 14.3. The van der Waals surface area contributed by atoms with E-state index in [1.54, 1.807) is 12.1 Å². The van der Waals surface area contributed by atoms with Crippen molar-refractivity contribution < 1.29 is 14.3 Å². The second-order valence-corrected chi connectivity index (χ2v) is 6.94. The smallest absolute Gasteiger partial charge is 0.306 e. The van der Waals surface area contributed by atoms with E-state index in [4.69, 9.17) is 5.11 Å². The lowest BCUT2D eigenvalue weighted by molar-refractivity contribution is -0.147. The van der Waals surface area contributed by atoms with Gasteiger partial charge in [0.15, 0.2) is 0 Å². The van der Waals surface area contributed by atoms with Crippen LogP contribution in [0.25, 0.3) is 0 Å². The molecule has 1 aromatic carbocycles. The number of benzene rings is 1. The molecule has 2 aromatic rings. The van der Waals surface area contributed by atoms with Gasteiger partial charge in [-0.2, -0.15) is 0 Å². The summed E-state index contributed by atoms with van der Waals surface area (Å²) in [5.41, 5.74) is 3.75.